The second-order valence-corrected chi connectivity index (χ2v) is 11.0. The first kappa shape index (κ1) is 25.2. The van der Waals surface area contributed by atoms with E-state index < -0.39 is 51.3 Å². The fraction of sp³-hybridized carbons (Fsp3) is 0.417. The van der Waals surface area contributed by atoms with Gasteiger partial charge < -0.3 is 10.2 Å². The van der Waals surface area contributed by atoms with Crippen molar-refractivity contribution in [3.8, 4) is 0 Å². The Labute approximate surface area is 200 Å². The minimum Gasteiger partial charge on any atom is -0.347 e. The zero-order valence-corrected chi connectivity index (χ0v) is 19.6. The van der Waals surface area contributed by atoms with Gasteiger partial charge >= 0.3 is 6.18 Å². The molecule has 1 saturated heterocycles. The van der Waals surface area contributed by atoms with E-state index in [4.69, 9.17) is 0 Å². The molecule has 4 rings (SSSR count). The van der Waals surface area contributed by atoms with Gasteiger partial charge in [0.05, 0.1) is 16.5 Å². The summed E-state index contributed by atoms with van der Waals surface area (Å²) < 4.78 is 77.1. The second-order valence-electron chi connectivity index (χ2n) is 9.01. The van der Waals surface area contributed by atoms with Crippen molar-refractivity contribution in [1.29, 1.82) is 0 Å². The Balaban J connectivity index is 1.54. The lowest BCUT2D eigenvalue weighted by atomic mass is 9.99. The number of hydrogen-bond acceptors (Lipinski definition) is 4. The molecule has 35 heavy (non-hydrogen) atoms. The van der Waals surface area contributed by atoms with Gasteiger partial charge in [-0.25, -0.2) is 12.8 Å². The second kappa shape index (κ2) is 9.25. The molecule has 1 heterocycles. The first-order valence-electron chi connectivity index (χ1n) is 11.1. The number of likely N-dealkylation sites (tertiary alicyclic amines) is 1. The molecule has 1 N–H and O–H groups in total. The lowest BCUT2D eigenvalue weighted by molar-refractivity contribution is -0.137. The number of rotatable bonds is 6. The molecule has 0 bridgehead atoms. The highest BCUT2D eigenvalue weighted by Gasteiger charge is 2.40. The van der Waals surface area contributed by atoms with Crippen molar-refractivity contribution in [2.24, 2.45) is 5.92 Å². The molecule has 0 aromatic heterocycles. The highest BCUT2D eigenvalue weighted by Crippen LogP contribution is 2.43. The van der Waals surface area contributed by atoms with Gasteiger partial charge in [-0.2, -0.15) is 13.2 Å². The lowest BCUT2D eigenvalue weighted by Crippen LogP contribution is -2.47. The Kier molecular flexibility index (Phi) is 6.65. The average molecular weight is 513 g/mol. The number of benzene rings is 2. The quantitative estimate of drug-likeness (QED) is 0.591. The minimum absolute atomic E-state index is 0.0184. The van der Waals surface area contributed by atoms with Crippen molar-refractivity contribution in [1.82, 2.24) is 10.2 Å². The van der Waals surface area contributed by atoms with E-state index in [-0.39, 0.29) is 28.5 Å². The highest BCUT2D eigenvalue weighted by atomic mass is 32.2. The molecule has 1 saturated carbocycles. The zero-order chi connectivity index (χ0) is 25.5. The van der Waals surface area contributed by atoms with Gasteiger partial charge in [-0.3, -0.25) is 9.59 Å². The van der Waals surface area contributed by atoms with Crippen LogP contribution in [-0.4, -0.2) is 44.0 Å². The fourth-order valence-corrected chi connectivity index (χ4v) is 5.06. The van der Waals surface area contributed by atoms with Crippen LogP contribution in [0.5, 0.6) is 0 Å². The molecule has 2 aliphatic rings. The maximum absolute atomic E-state index is 14.6. The molecule has 1 aliphatic carbocycles. The normalized spacial score (nSPS) is 19.5. The topological polar surface area (TPSA) is 83.6 Å². The number of sulfone groups is 1. The summed E-state index contributed by atoms with van der Waals surface area (Å²) >= 11 is 0. The Morgan fingerprint density at radius 3 is 2.40 bits per heavy atom. The fourth-order valence-electron chi connectivity index (χ4n) is 4.39. The van der Waals surface area contributed by atoms with Crippen molar-refractivity contribution in [2.45, 2.75) is 48.8 Å². The minimum atomic E-state index is -4.68. The first-order chi connectivity index (χ1) is 16.4. The van der Waals surface area contributed by atoms with Crippen molar-refractivity contribution in [3.63, 3.8) is 0 Å². The van der Waals surface area contributed by atoms with Gasteiger partial charge in [-0.1, -0.05) is 12.1 Å². The van der Waals surface area contributed by atoms with Crippen LogP contribution in [0.3, 0.4) is 0 Å². The van der Waals surface area contributed by atoms with Gasteiger partial charge in [-0.15, -0.1) is 0 Å². The summed E-state index contributed by atoms with van der Waals surface area (Å²) in [5.41, 5.74) is -1.01. The van der Waals surface area contributed by atoms with Gasteiger partial charge in [0.25, 0.3) is 5.91 Å². The van der Waals surface area contributed by atoms with Crippen LogP contribution in [0.25, 0.3) is 0 Å². The van der Waals surface area contributed by atoms with Crippen LogP contribution >= 0.6 is 0 Å². The van der Waals surface area contributed by atoms with Crippen LogP contribution in [0.1, 0.15) is 53.2 Å². The van der Waals surface area contributed by atoms with Crippen LogP contribution < -0.4 is 5.32 Å². The maximum Gasteiger partial charge on any atom is 0.416 e. The predicted octanol–water partition coefficient (Wildman–Crippen LogP) is 4.12. The number of carbonyl (C=O) groups excluding carboxylic acids is 2. The van der Waals surface area contributed by atoms with Crippen LogP contribution in [0, 0.1) is 11.7 Å². The molecule has 2 amide bonds. The van der Waals surface area contributed by atoms with E-state index in [1.807, 2.05) is 0 Å². The molecule has 2 aromatic rings. The monoisotopic (exact) mass is 512 g/mol. The third kappa shape index (κ3) is 5.50. The third-order valence-corrected chi connectivity index (χ3v) is 7.49. The number of alkyl halides is 3. The molecule has 0 radical (unpaired) electrons. The summed E-state index contributed by atoms with van der Waals surface area (Å²) in [4.78, 5) is 27.6. The zero-order valence-electron chi connectivity index (χ0n) is 18.8. The Morgan fingerprint density at radius 1 is 1.09 bits per heavy atom. The molecule has 1 unspecified atom stereocenters. The summed E-state index contributed by atoms with van der Waals surface area (Å²) in [6, 6.07) is 6.15. The van der Waals surface area contributed by atoms with E-state index in [2.05, 4.69) is 5.32 Å². The number of hydrogen-bond donors (Lipinski definition) is 1. The average Bonchev–Trinajstić information content (AvgIpc) is 3.51. The smallest absolute Gasteiger partial charge is 0.347 e. The Hall–Kier alpha value is -2.95. The van der Waals surface area contributed by atoms with Gasteiger partial charge in [0.2, 0.25) is 5.91 Å². The van der Waals surface area contributed by atoms with E-state index in [1.54, 1.807) is 0 Å². The number of amides is 2. The summed E-state index contributed by atoms with van der Waals surface area (Å²) in [5, 5.41) is 2.76. The van der Waals surface area contributed by atoms with Crippen molar-refractivity contribution < 1.29 is 35.6 Å². The summed E-state index contributed by atoms with van der Waals surface area (Å²) in [6.07, 6.45) is -1.37. The molecular weight excluding hydrogens is 488 g/mol. The summed E-state index contributed by atoms with van der Waals surface area (Å²) in [5.74, 6) is -2.18. The molecule has 188 valence electrons. The highest BCUT2D eigenvalue weighted by molar-refractivity contribution is 7.90. The van der Waals surface area contributed by atoms with Crippen molar-refractivity contribution >= 4 is 21.7 Å². The SMILES string of the molecule is CS(=O)(=O)c1cccc(C(=O)N2CCCC2C(=O)N[C@@H](c2ccc(C(F)(F)F)cc2F)C2CC2)c1. The lowest BCUT2D eigenvalue weighted by Gasteiger charge is -2.27. The molecule has 1 aliphatic heterocycles. The molecule has 11 heteroatoms. The largest absolute Gasteiger partial charge is 0.416 e. The summed E-state index contributed by atoms with van der Waals surface area (Å²) in [7, 11) is -3.53. The number of carbonyl (C=O) groups is 2. The van der Waals surface area contributed by atoms with Crippen LogP contribution in [-0.2, 0) is 20.8 Å². The number of nitrogens with zero attached hydrogens (tertiary/aromatic N) is 1. The summed E-state index contributed by atoms with van der Waals surface area (Å²) in [6.45, 7) is 0.281. The van der Waals surface area contributed by atoms with Crippen LogP contribution in [0.2, 0.25) is 0 Å². The van der Waals surface area contributed by atoms with E-state index in [0.29, 0.717) is 31.7 Å². The third-order valence-electron chi connectivity index (χ3n) is 6.38. The van der Waals surface area contributed by atoms with E-state index in [0.717, 1.165) is 18.4 Å². The van der Waals surface area contributed by atoms with Crippen LogP contribution in [0.15, 0.2) is 47.4 Å². The van der Waals surface area contributed by atoms with Crippen LogP contribution in [0.4, 0.5) is 17.6 Å². The standard InChI is InChI=1S/C24H24F4N2O4S/c1-35(33,34)17-5-2-4-15(12-17)23(32)30-11-3-6-20(30)22(31)29-21(14-7-8-14)18-10-9-16(13-19(18)25)24(26,27)28/h2,4-5,9-10,12-14,20-21H,3,6-8,11H2,1H3,(H,29,31)/t20?,21-/m1/s1. The molecule has 0 spiro atoms. The Bertz CT molecular complexity index is 1260. The van der Waals surface area contributed by atoms with Crippen molar-refractivity contribution in [2.75, 3.05) is 12.8 Å². The maximum atomic E-state index is 14.6. The predicted molar refractivity (Wildman–Crippen MR) is 119 cm³/mol. The van der Waals surface area contributed by atoms with E-state index >= 15 is 0 Å². The van der Waals surface area contributed by atoms with Gasteiger partial charge in [-0.05, 0) is 61.9 Å². The Morgan fingerprint density at radius 2 is 1.80 bits per heavy atom. The van der Waals surface area contributed by atoms with E-state index in [9.17, 15) is 35.6 Å². The molecule has 2 aromatic carbocycles. The molecule has 6 nitrogen and oxygen atoms in total. The number of nitrogens with one attached hydrogen (secondary N) is 1. The first-order valence-corrected chi connectivity index (χ1v) is 13.0. The molecular formula is C24H24F4N2O4S. The molecule has 2 fully saturated rings. The number of halogens is 4. The van der Waals surface area contributed by atoms with Gasteiger partial charge in [0.1, 0.15) is 11.9 Å². The van der Waals surface area contributed by atoms with E-state index in [1.165, 1.54) is 29.2 Å². The molecule has 2 atom stereocenters. The van der Waals surface area contributed by atoms with Crippen molar-refractivity contribution in [3.05, 3.63) is 65.0 Å². The van der Waals surface area contributed by atoms with Gasteiger partial charge in [0.15, 0.2) is 9.84 Å². The van der Waals surface area contributed by atoms with Gasteiger partial charge in [0, 0.05) is 23.9 Å².